The van der Waals surface area contributed by atoms with Crippen LogP contribution in [0.15, 0.2) is 18.2 Å². The summed E-state index contributed by atoms with van der Waals surface area (Å²) in [6, 6.07) is 5.01. The molecule has 174 valence electrons. The minimum Gasteiger partial charge on any atom is -0.352 e. The van der Waals surface area contributed by atoms with Crippen molar-refractivity contribution in [2.24, 2.45) is 5.92 Å². The van der Waals surface area contributed by atoms with Crippen LogP contribution in [0.4, 0.5) is 5.82 Å². The minimum absolute atomic E-state index is 0.0309. The number of piperazine rings is 1. The van der Waals surface area contributed by atoms with Crippen LogP contribution < -0.4 is 4.90 Å². The highest BCUT2D eigenvalue weighted by Crippen LogP contribution is 2.41. The highest BCUT2D eigenvalue weighted by molar-refractivity contribution is 7.19. The van der Waals surface area contributed by atoms with Crippen LogP contribution in [0.3, 0.4) is 0 Å². The lowest BCUT2D eigenvalue weighted by Crippen LogP contribution is -2.49. The molecule has 0 unspecified atom stereocenters. The molecule has 0 saturated carbocycles. The normalized spacial score (nSPS) is 18.8. The van der Waals surface area contributed by atoms with Crippen molar-refractivity contribution in [2.45, 2.75) is 46.0 Å². The number of rotatable bonds is 3. The van der Waals surface area contributed by atoms with Crippen LogP contribution in [0.25, 0.3) is 10.2 Å². The molecule has 2 aliphatic rings. The standard InChI is InChI=1S/C25H28Cl2N4OS/c1-14(2)22-28-23(21-19-5-4-15(3)10-20(19)33-24(21)29-22)30-6-8-31(9-7-30)25(32)16-11-17(26)13-18(27)12-16/h11-15H,4-10H2,1-3H3/t15-/m1/s1. The van der Waals surface area contributed by atoms with Gasteiger partial charge in [0, 0.05) is 52.6 Å². The Morgan fingerprint density at radius 1 is 1.09 bits per heavy atom. The number of anilines is 1. The number of hydrogen-bond donors (Lipinski definition) is 0. The van der Waals surface area contributed by atoms with Gasteiger partial charge in [-0.15, -0.1) is 11.3 Å². The van der Waals surface area contributed by atoms with E-state index >= 15 is 0 Å². The molecule has 33 heavy (non-hydrogen) atoms. The third-order valence-electron chi connectivity index (χ3n) is 6.65. The first-order valence-corrected chi connectivity index (χ1v) is 13.2. The molecule has 8 heteroatoms. The maximum atomic E-state index is 13.1. The molecular formula is C25H28Cl2N4OS. The number of fused-ring (bicyclic) bond motifs is 3. The van der Waals surface area contributed by atoms with Gasteiger partial charge in [-0.25, -0.2) is 9.97 Å². The second-order valence-electron chi connectivity index (χ2n) is 9.53. The van der Waals surface area contributed by atoms with Gasteiger partial charge in [-0.3, -0.25) is 4.79 Å². The smallest absolute Gasteiger partial charge is 0.254 e. The molecule has 1 aromatic carbocycles. The summed E-state index contributed by atoms with van der Waals surface area (Å²) >= 11 is 14.1. The van der Waals surface area contributed by atoms with Crippen molar-refractivity contribution in [1.82, 2.24) is 14.9 Å². The average molecular weight is 503 g/mol. The van der Waals surface area contributed by atoms with Gasteiger partial charge in [-0.05, 0) is 48.9 Å². The van der Waals surface area contributed by atoms with Crippen molar-refractivity contribution < 1.29 is 4.79 Å². The first-order valence-electron chi connectivity index (χ1n) is 11.6. The highest BCUT2D eigenvalue weighted by atomic mass is 35.5. The topological polar surface area (TPSA) is 49.3 Å². The van der Waals surface area contributed by atoms with E-state index < -0.39 is 0 Å². The Morgan fingerprint density at radius 2 is 1.79 bits per heavy atom. The second-order valence-corrected chi connectivity index (χ2v) is 11.5. The van der Waals surface area contributed by atoms with Crippen LogP contribution in [0.1, 0.15) is 59.7 Å². The maximum Gasteiger partial charge on any atom is 0.254 e. The summed E-state index contributed by atoms with van der Waals surface area (Å²) in [6.07, 6.45) is 3.45. The van der Waals surface area contributed by atoms with E-state index in [0.717, 1.165) is 48.3 Å². The molecule has 5 rings (SSSR count). The zero-order chi connectivity index (χ0) is 23.3. The summed E-state index contributed by atoms with van der Waals surface area (Å²) in [5, 5.41) is 2.20. The summed E-state index contributed by atoms with van der Waals surface area (Å²) in [5.74, 6) is 2.91. The van der Waals surface area contributed by atoms with E-state index in [1.807, 2.05) is 16.2 Å². The van der Waals surface area contributed by atoms with E-state index in [9.17, 15) is 4.79 Å². The summed E-state index contributed by atoms with van der Waals surface area (Å²) in [6.45, 7) is 9.38. The van der Waals surface area contributed by atoms with E-state index in [4.69, 9.17) is 33.2 Å². The number of halogens is 2. The van der Waals surface area contributed by atoms with Gasteiger partial charge in [0.05, 0.1) is 5.39 Å². The molecule has 0 radical (unpaired) electrons. The summed E-state index contributed by atoms with van der Waals surface area (Å²) < 4.78 is 0. The molecule has 1 saturated heterocycles. The lowest BCUT2D eigenvalue weighted by atomic mass is 9.89. The monoisotopic (exact) mass is 502 g/mol. The number of aromatic nitrogens is 2. The SMILES string of the molecule is CC(C)c1nc(N2CCN(C(=O)c3cc(Cl)cc(Cl)c3)CC2)c2c3c(sc2n1)C[C@H](C)CC3. The Bertz CT molecular complexity index is 1200. The largest absolute Gasteiger partial charge is 0.352 e. The Kier molecular flexibility index (Phi) is 6.27. The number of carbonyl (C=O) groups is 1. The fraction of sp³-hybridized carbons (Fsp3) is 0.480. The Labute approximate surface area is 208 Å². The van der Waals surface area contributed by atoms with Gasteiger partial charge < -0.3 is 9.80 Å². The fourth-order valence-electron chi connectivity index (χ4n) is 4.81. The van der Waals surface area contributed by atoms with E-state index in [1.54, 1.807) is 18.2 Å². The average Bonchev–Trinajstić information content (AvgIpc) is 3.14. The molecular weight excluding hydrogens is 475 g/mol. The molecule has 1 fully saturated rings. The van der Waals surface area contributed by atoms with Crippen molar-refractivity contribution in [3.05, 3.63) is 50.1 Å². The molecule has 1 atom stereocenters. The van der Waals surface area contributed by atoms with Crippen LogP contribution >= 0.6 is 34.5 Å². The maximum absolute atomic E-state index is 13.1. The Hall–Kier alpha value is -1.89. The Balaban J connectivity index is 1.43. The van der Waals surface area contributed by atoms with Gasteiger partial charge in [0.1, 0.15) is 16.5 Å². The van der Waals surface area contributed by atoms with Crippen molar-refractivity contribution >= 4 is 56.5 Å². The number of nitrogens with zero attached hydrogens (tertiary/aromatic N) is 4. The molecule has 1 amide bonds. The predicted molar refractivity (Wildman–Crippen MR) is 137 cm³/mol. The Morgan fingerprint density at radius 3 is 2.45 bits per heavy atom. The zero-order valence-corrected chi connectivity index (χ0v) is 21.5. The van der Waals surface area contributed by atoms with Gasteiger partial charge in [-0.2, -0.15) is 0 Å². The molecule has 0 spiro atoms. The van der Waals surface area contributed by atoms with Gasteiger partial charge in [0.15, 0.2) is 0 Å². The van der Waals surface area contributed by atoms with Gasteiger partial charge in [-0.1, -0.05) is 44.0 Å². The van der Waals surface area contributed by atoms with E-state index in [0.29, 0.717) is 28.7 Å². The molecule has 3 aromatic rings. The molecule has 1 aliphatic heterocycles. The van der Waals surface area contributed by atoms with E-state index in [2.05, 4.69) is 25.7 Å². The molecule has 5 nitrogen and oxygen atoms in total. The number of amides is 1. The highest BCUT2D eigenvalue weighted by Gasteiger charge is 2.29. The lowest BCUT2D eigenvalue weighted by Gasteiger charge is -2.36. The van der Waals surface area contributed by atoms with Gasteiger partial charge in [0.2, 0.25) is 0 Å². The molecule has 1 aliphatic carbocycles. The number of hydrogen-bond acceptors (Lipinski definition) is 5. The summed E-state index contributed by atoms with van der Waals surface area (Å²) in [5.41, 5.74) is 1.99. The quantitative estimate of drug-likeness (QED) is 0.427. The van der Waals surface area contributed by atoms with Crippen molar-refractivity contribution in [2.75, 3.05) is 31.1 Å². The van der Waals surface area contributed by atoms with Gasteiger partial charge in [0.25, 0.3) is 5.91 Å². The van der Waals surface area contributed by atoms with E-state index in [1.165, 1.54) is 22.2 Å². The predicted octanol–water partition coefficient (Wildman–Crippen LogP) is 6.21. The number of aryl methyl sites for hydroxylation is 1. The van der Waals surface area contributed by atoms with Crippen molar-refractivity contribution in [1.29, 1.82) is 0 Å². The first-order chi connectivity index (χ1) is 15.8. The second kappa shape index (κ2) is 9.05. The third kappa shape index (κ3) is 4.45. The number of thiophene rings is 1. The van der Waals surface area contributed by atoms with Crippen LogP contribution in [-0.4, -0.2) is 47.0 Å². The molecule has 2 aromatic heterocycles. The molecule has 3 heterocycles. The van der Waals surface area contributed by atoms with Crippen molar-refractivity contribution in [3.8, 4) is 0 Å². The zero-order valence-electron chi connectivity index (χ0n) is 19.2. The van der Waals surface area contributed by atoms with Crippen LogP contribution in [0, 0.1) is 5.92 Å². The summed E-state index contributed by atoms with van der Waals surface area (Å²) in [4.78, 5) is 29.9. The number of carbonyl (C=O) groups excluding carboxylic acids is 1. The fourth-order valence-corrected chi connectivity index (χ4v) is 6.72. The minimum atomic E-state index is -0.0309. The first kappa shape index (κ1) is 22.9. The molecule has 0 bridgehead atoms. The van der Waals surface area contributed by atoms with Crippen LogP contribution in [0.2, 0.25) is 10.0 Å². The number of benzene rings is 1. The van der Waals surface area contributed by atoms with Crippen LogP contribution in [0.5, 0.6) is 0 Å². The van der Waals surface area contributed by atoms with Crippen LogP contribution in [-0.2, 0) is 12.8 Å². The molecule has 0 N–H and O–H groups in total. The van der Waals surface area contributed by atoms with Crippen molar-refractivity contribution in [3.63, 3.8) is 0 Å². The lowest BCUT2D eigenvalue weighted by molar-refractivity contribution is 0.0746. The third-order valence-corrected chi connectivity index (χ3v) is 8.23. The van der Waals surface area contributed by atoms with E-state index in [-0.39, 0.29) is 11.8 Å². The summed E-state index contributed by atoms with van der Waals surface area (Å²) in [7, 11) is 0. The van der Waals surface area contributed by atoms with Gasteiger partial charge >= 0.3 is 0 Å².